The molecule has 2 aromatic carbocycles. The molecule has 0 radical (unpaired) electrons. The van der Waals surface area contributed by atoms with Gasteiger partial charge in [-0.2, -0.15) is 0 Å². The molecule has 0 amide bonds. The first-order valence-electron chi connectivity index (χ1n) is 6.15. The Hall–Kier alpha value is -1.46. The third-order valence-electron chi connectivity index (χ3n) is 2.98. The maximum atomic E-state index is 13.0. The van der Waals surface area contributed by atoms with Gasteiger partial charge in [-0.3, -0.25) is 0 Å². The molecule has 0 aliphatic heterocycles. The van der Waals surface area contributed by atoms with Gasteiger partial charge in [0, 0.05) is 28.0 Å². The van der Waals surface area contributed by atoms with E-state index in [0.717, 1.165) is 28.0 Å². The van der Waals surface area contributed by atoms with Gasteiger partial charge in [0.05, 0.1) is 0 Å². The highest BCUT2D eigenvalue weighted by Crippen LogP contribution is 2.29. The summed E-state index contributed by atoms with van der Waals surface area (Å²) in [6.07, 6.45) is 0. The minimum atomic E-state index is -0.241. The summed E-state index contributed by atoms with van der Waals surface area (Å²) in [5, 5.41) is 0. The highest BCUT2D eigenvalue weighted by atomic mass is 79.9. The predicted molar refractivity (Wildman–Crippen MR) is 89.1 cm³/mol. The lowest BCUT2D eigenvalue weighted by molar-refractivity contribution is 0.628. The lowest BCUT2D eigenvalue weighted by Crippen LogP contribution is -2.17. The third kappa shape index (κ3) is 3.16. The molecule has 0 spiro atoms. The number of nitrogens with zero attached hydrogens (tertiary/aromatic N) is 1. The fourth-order valence-corrected chi connectivity index (χ4v) is 2.90. The first-order valence-corrected chi connectivity index (χ1v) is 7.35. The Morgan fingerprint density at radius 1 is 1.20 bits per heavy atom. The van der Waals surface area contributed by atoms with Crippen molar-refractivity contribution in [2.75, 3.05) is 11.4 Å². The Morgan fingerprint density at radius 2 is 1.80 bits per heavy atom. The third-order valence-corrected chi connectivity index (χ3v) is 3.86. The monoisotopic (exact) mass is 352 g/mol. The first kappa shape index (κ1) is 14.9. The zero-order valence-corrected chi connectivity index (χ0v) is 13.3. The van der Waals surface area contributed by atoms with E-state index in [9.17, 15) is 4.39 Å². The molecule has 0 aliphatic rings. The van der Waals surface area contributed by atoms with Crippen molar-refractivity contribution in [1.82, 2.24) is 0 Å². The molecule has 2 N–H and O–H groups in total. The van der Waals surface area contributed by atoms with Gasteiger partial charge < -0.3 is 10.6 Å². The van der Waals surface area contributed by atoms with Gasteiger partial charge in [-0.05, 0) is 65.3 Å². The van der Waals surface area contributed by atoms with E-state index in [-0.39, 0.29) is 5.82 Å². The summed E-state index contributed by atoms with van der Waals surface area (Å²) in [7, 11) is 0. The normalized spacial score (nSPS) is 10.3. The van der Waals surface area contributed by atoms with Crippen LogP contribution in [0.3, 0.4) is 0 Å². The van der Waals surface area contributed by atoms with Crippen LogP contribution in [0.4, 0.5) is 15.8 Å². The van der Waals surface area contributed by atoms with Gasteiger partial charge in [-0.1, -0.05) is 12.2 Å². The summed E-state index contributed by atoms with van der Waals surface area (Å²) in [6, 6.07) is 12.2. The van der Waals surface area contributed by atoms with Gasteiger partial charge in [0.2, 0.25) is 0 Å². The van der Waals surface area contributed by atoms with E-state index in [1.54, 1.807) is 12.1 Å². The molecule has 104 valence electrons. The fourth-order valence-electron chi connectivity index (χ4n) is 2.01. The lowest BCUT2D eigenvalue weighted by Gasteiger charge is -2.24. The molecule has 2 nitrogen and oxygen atoms in total. The molecular formula is C15H14BrFN2S. The highest BCUT2D eigenvalue weighted by Gasteiger charge is 2.10. The number of nitrogens with two attached hydrogens (primary N) is 1. The zero-order valence-electron chi connectivity index (χ0n) is 10.9. The van der Waals surface area contributed by atoms with E-state index in [2.05, 4.69) is 20.8 Å². The summed E-state index contributed by atoms with van der Waals surface area (Å²) in [6.45, 7) is 2.81. The standard InChI is InChI=1S/C15H14BrFN2S/c1-2-19(11-5-3-10(17)4-6-11)12-7-8-13(15(18)20)14(16)9-12/h3-9H,2H2,1H3,(H2,18,20). The van der Waals surface area contributed by atoms with Crippen molar-refractivity contribution in [2.45, 2.75) is 6.92 Å². The molecule has 0 unspecified atom stereocenters. The number of thiocarbonyl (C=S) groups is 1. The molecule has 0 bridgehead atoms. The number of anilines is 2. The molecule has 0 atom stereocenters. The molecule has 2 rings (SSSR count). The van der Waals surface area contributed by atoms with Crippen molar-refractivity contribution in [3.05, 3.63) is 58.3 Å². The van der Waals surface area contributed by atoms with E-state index < -0.39 is 0 Å². The Labute approximate surface area is 131 Å². The Kier molecular flexibility index (Phi) is 4.73. The van der Waals surface area contributed by atoms with Crippen LogP contribution in [0.5, 0.6) is 0 Å². The number of rotatable bonds is 4. The molecule has 5 heteroatoms. The fraction of sp³-hybridized carbons (Fsp3) is 0.133. The Bertz CT molecular complexity index is 628. The minimum absolute atomic E-state index is 0.241. The highest BCUT2D eigenvalue weighted by molar-refractivity contribution is 9.10. The van der Waals surface area contributed by atoms with Crippen LogP contribution >= 0.6 is 28.1 Å². The van der Waals surface area contributed by atoms with E-state index in [4.69, 9.17) is 18.0 Å². The largest absolute Gasteiger partial charge is 0.389 e. The van der Waals surface area contributed by atoms with Crippen LogP contribution < -0.4 is 10.6 Å². The molecule has 0 aromatic heterocycles. The molecule has 0 fully saturated rings. The first-order chi connectivity index (χ1) is 9.52. The topological polar surface area (TPSA) is 29.3 Å². The van der Waals surface area contributed by atoms with Gasteiger partial charge in [0.1, 0.15) is 10.8 Å². The SMILES string of the molecule is CCN(c1ccc(F)cc1)c1ccc(C(N)=S)c(Br)c1. The van der Waals surface area contributed by atoms with Crippen molar-refractivity contribution in [2.24, 2.45) is 5.73 Å². The number of hydrogen-bond acceptors (Lipinski definition) is 2. The van der Waals surface area contributed by atoms with Gasteiger partial charge in [0.25, 0.3) is 0 Å². The molecule has 0 saturated heterocycles. The molecule has 0 heterocycles. The van der Waals surface area contributed by atoms with Crippen LogP contribution in [0.15, 0.2) is 46.9 Å². The van der Waals surface area contributed by atoms with Crippen LogP contribution in [0.1, 0.15) is 12.5 Å². The summed E-state index contributed by atoms with van der Waals surface area (Å²) >= 11 is 8.46. The maximum absolute atomic E-state index is 13.0. The Morgan fingerprint density at radius 3 is 2.30 bits per heavy atom. The van der Waals surface area contributed by atoms with Gasteiger partial charge >= 0.3 is 0 Å². The van der Waals surface area contributed by atoms with Crippen molar-refractivity contribution < 1.29 is 4.39 Å². The zero-order chi connectivity index (χ0) is 14.7. The summed E-state index contributed by atoms with van der Waals surface area (Å²) < 4.78 is 13.9. The van der Waals surface area contributed by atoms with Crippen molar-refractivity contribution >= 4 is 44.5 Å². The van der Waals surface area contributed by atoms with Crippen LogP contribution in [0.25, 0.3) is 0 Å². The van der Waals surface area contributed by atoms with E-state index in [1.165, 1.54) is 12.1 Å². The molecule has 0 aliphatic carbocycles. The average Bonchev–Trinajstić information content (AvgIpc) is 2.41. The van der Waals surface area contributed by atoms with E-state index in [0.29, 0.717) is 4.99 Å². The summed E-state index contributed by atoms with van der Waals surface area (Å²) in [5.74, 6) is -0.241. The molecular weight excluding hydrogens is 339 g/mol. The lowest BCUT2D eigenvalue weighted by atomic mass is 10.1. The maximum Gasteiger partial charge on any atom is 0.123 e. The van der Waals surface area contributed by atoms with Crippen molar-refractivity contribution in [3.8, 4) is 0 Å². The van der Waals surface area contributed by atoms with Crippen LogP contribution in [-0.4, -0.2) is 11.5 Å². The number of benzene rings is 2. The molecule has 0 saturated carbocycles. The minimum Gasteiger partial charge on any atom is -0.389 e. The second-order valence-electron chi connectivity index (χ2n) is 4.25. The smallest absolute Gasteiger partial charge is 0.123 e. The van der Waals surface area contributed by atoms with E-state index in [1.807, 2.05) is 25.1 Å². The predicted octanol–water partition coefficient (Wildman–Crippen LogP) is 4.38. The van der Waals surface area contributed by atoms with Gasteiger partial charge in [0.15, 0.2) is 0 Å². The Balaban J connectivity index is 2.39. The second kappa shape index (κ2) is 6.33. The van der Waals surface area contributed by atoms with Gasteiger partial charge in [-0.15, -0.1) is 0 Å². The van der Waals surface area contributed by atoms with Gasteiger partial charge in [-0.25, -0.2) is 4.39 Å². The van der Waals surface area contributed by atoms with Crippen LogP contribution in [0.2, 0.25) is 0 Å². The molecule has 2 aromatic rings. The summed E-state index contributed by atoms with van der Waals surface area (Å²) in [4.78, 5) is 2.43. The average molecular weight is 353 g/mol. The second-order valence-corrected chi connectivity index (χ2v) is 5.54. The quantitative estimate of drug-likeness (QED) is 0.827. The van der Waals surface area contributed by atoms with Crippen molar-refractivity contribution in [1.29, 1.82) is 0 Å². The number of hydrogen-bond donors (Lipinski definition) is 1. The van der Waals surface area contributed by atoms with Crippen LogP contribution in [-0.2, 0) is 0 Å². The summed E-state index contributed by atoms with van der Waals surface area (Å²) in [5.41, 5.74) is 8.38. The van der Waals surface area contributed by atoms with Crippen molar-refractivity contribution in [3.63, 3.8) is 0 Å². The number of halogens is 2. The molecule has 20 heavy (non-hydrogen) atoms. The van der Waals surface area contributed by atoms with Crippen LogP contribution in [0, 0.1) is 5.82 Å². The van der Waals surface area contributed by atoms with E-state index >= 15 is 0 Å².